The van der Waals surface area contributed by atoms with Crippen LogP contribution >= 0.6 is 0 Å². The number of rotatable bonds is 20. The Morgan fingerprint density at radius 2 is 1.14 bits per heavy atom. The van der Waals surface area contributed by atoms with Gasteiger partial charge in [0, 0.05) is 12.1 Å². The summed E-state index contributed by atoms with van der Waals surface area (Å²) in [4.78, 5) is 12.3. The summed E-state index contributed by atoms with van der Waals surface area (Å²) in [7, 11) is 0.629. The molecule has 0 aliphatic carbocycles. The number of hydrogen-bond donors (Lipinski definition) is 2. The fourth-order valence-corrected chi connectivity index (χ4v) is 4.97. The first-order valence-electron chi connectivity index (χ1n) is 13.0. The summed E-state index contributed by atoms with van der Waals surface area (Å²) >= 11 is 0. The third-order valence-electron chi connectivity index (χ3n) is 5.97. The number of carbonyl (C=O) groups is 1. The van der Waals surface area contributed by atoms with Crippen LogP contribution in [0, 0.1) is 0 Å². The summed E-state index contributed by atoms with van der Waals surface area (Å²) in [5.41, 5.74) is 0.222. The third-order valence-corrected chi connectivity index (χ3v) is 7.29. The SMILES string of the molecule is CCCCCCCCCCCCCCCCS(=O)(=O)NC(=O)Nc1c(OC)cc(OC)cc1OC. The van der Waals surface area contributed by atoms with E-state index in [1.807, 2.05) is 0 Å². The molecule has 9 heteroatoms. The molecule has 0 aliphatic heterocycles. The second-order valence-electron chi connectivity index (χ2n) is 8.88. The Bertz CT molecular complexity index is 804. The molecule has 0 aliphatic rings. The van der Waals surface area contributed by atoms with Crippen molar-refractivity contribution in [2.24, 2.45) is 0 Å². The molecular weight excluding hydrogens is 468 g/mol. The van der Waals surface area contributed by atoms with Gasteiger partial charge in [-0.2, -0.15) is 0 Å². The van der Waals surface area contributed by atoms with E-state index in [9.17, 15) is 13.2 Å². The first-order chi connectivity index (χ1) is 16.9. The highest BCUT2D eigenvalue weighted by Gasteiger charge is 2.19. The summed E-state index contributed by atoms with van der Waals surface area (Å²) in [6, 6.07) is 2.28. The van der Waals surface area contributed by atoms with Crippen LogP contribution in [0.1, 0.15) is 96.8 Å². The van der Waals surface area contributed by atoms with Gasteiger partial charge in [0.25, 0.3) is 0 Å². The number of methoxy groups -OCH3 is 3. The number of unbranched alkanes of at least 4 members (excludes halogenated alkanes) is 13. The van der Waals surface area contributed by atoms with Crippen LogP contribution in [0.25, 0.3) is 0 Å². The Kier molecular flexibility index (Phi) is 16.0. The topological polar surface area (TPSA) is 103 Å². The molecule has 2 N–H and O–H groups in total. The van der Waals surface area contributed by atoms with Gasteiger partial charge in [-0.25, -0.2) is 17.9 Å². The number of benzene rings is 1. The molecule has 0 unspecified atom stereocenters. The molecule has 0 aromatic heterocycles. The average molecular weight is 515 g/mol. The van der Waals surface area contributed by atoms with Gasteiger partial charge in [-0.1, -0.05) is 90.4 Å². The lowest BCUT2D eigenvalue weighted by Crippen LogP contribution is -2.36. The van der Waals surface area contributed by atoms with Gasteiger partial charge >= 0.3 is 6.03 Å². The molecule has 0 heterocycles. The monoisotopic (exact) mass is 514 g/mol. The number of nitrogens with one attached hydrogen (secondary N) is 2. The minimum Gasteiger partial charge on any atom is -0.496 e. The van der Waals surface area contributed by atoms with Gasteiger partial charge < -0.3 is 19.5 Å². The molecule has 202 valence electrons. The van der Waals surface area contributed by atoms with Gasteiger partial charge in [-0.3, -0.25) is 0 Å². The van der Waals surface area contributed by atoms with Gasteiger partial charge in [0.1, 0.15) is 22.9 Å². The molecule has 2 amide bonds. The maximum atomic E-state index is 12.3. The second-order valence-corrected chi connectivity index (χ2v) is 10.7. The lowest BCUT2D eigenvalue weighted by Gasteiger charge is -2.16. The molecule has 0 spiro atoms. The van der Waals surface area contributed by atoms with E-state index in [2.05, 4.69) is 17.0 Å². The summed E-state index contributed by atoms with van der Waals surface area (Å²) in [5, 5.41) is 2.51. The average Bonchev–Trinajstić information content (AvgIpc) is 2.83. The quantitative estimate of drug-likeness (QED) is 0.189. The Hall–Kier alpha value is -2.16. The number of ether oxygens (including phenoxy) is 3. The summed E-state index contributed by atoms with van der Waals surface area (Å²) in [5.74, 6) is 0.978. The summed E-state index contributed by atoms with van der Waals surface area (Å²) in [6.45, 7) is 2.25. The third kappa shape index (κ3) is 13.5. The zero-order chi connectivity index (χ0) is 25.9. The van der Waals surface area contributed by atoms with Crippen LogP contribution in [0.5, 0.6) is 17.2 Å². The molecule has 8 nitrogen and oxygen atoms in total. The van der Waals surface area contributed by atoms with Crippen LogP contribution in [0.3, 0.4) is 0 Å². The van der Waals surface area contributed by atoms with E-state index in [-0.39, 0.29) is 11.4 Å². The van der Waals surface area contributed by atoms with E-state index in [4.69, 9.17) is 14.2 Å². The molecule has 1 aromatic carbocycles. The van der Waals surface area contributed by atoms with Crippen molar-refractivity contribution in [3.63, 3.8) is 0 Å². The normalized spacial score (nSPS) is 11.2. The number of sulfonamides is 1. The van der Waals surface area contributed by atoms with Gasteiger partial charge in [0.05, 0.1) is 27.1 Å². The highest BCUT2D eigenvalue weighted by Crippen LogP contribution is 2.38. The number of carbonyl (C=O) groups excluding carboxylic acids is 1. The van der Waals surface area contributed by atoms with Crippen molar-refractivity contribution < 1.29 is 27.4 Å². The zero-order valence-corrected chi connectivity index (χ0v) is 22.9. The van der Waals surface area contributed by atoms with E-state index >= 15 is 0 Å². The van der Waals surface area contributed by atoms with Crippen LogP contribution in [-0.4, -0.2) is 41.5 Å². The number of amides is 2. The number of anilines is 1. The van der Waals surface area contributed by atoms with Crippen LogP contribution in [0.2, 0.25) is 0 Å². The van der Waals surface area contributed by atoms with E-state index in [1.165, 1.54) is 85.5 Å². The van der Waals surface area contributed by atoms with E-state index in [0.29, 0.717) is 23.7 Å². The van der Waals surface area contributed by atoms with E-state index < -0.39 is 16.1 Å². The Labute approximate surface area is 212 Å². The van der Waals surface area contributed by atoms with Crippen molar-refractivity contribution in [1.29, 1.82) is 0 Å². The highest BCUT2D eigenvalue weighted by atomic mass is 32.2. The lowest BCUT2D eigenvalue weighted by atomic mass is 10.0. The predicted molar refractivity (Wildman–Crippen MR) is 142 cm³/mol. The number of hydrogen-bond acceptors (Lipinski definition) is 6. The second kappa shape index (κ2) is 18.2. The van der Waals surface area contributed by atoms with Crippen molar-refractivity contribution in [3.8, 4) is 17.2 Å². The molecule has 0 fully saturated rings. The van der Waals surface area contributed by atoms with Gasteiger partial charge in [-0.05, 0) is 6.42 Å². The molecule has 1 aromatic rings. The largest absolute Gasteiger partial charge is 0.496 e. The van der Waals surface area contributed by atoms with Gasteiger partial charge in [0.2, 0.25) is 10.0 Å². The highest BCUT2D eigenvalue weighted by molar-refractivity contribution is 7.90. The first kappa shape index (κ1) is 30.9. The fourth-order valence-electron chi connectivity index (χ4n) is 3.95. The molecule has 0 saturated heterocycles. The molecule has 0 bridgehead atoms. The standard InChI is InChI=1S/C26H46N2O6S/c1-5-6-7-8-9-10-11-12-13-14-15-16-17-18-19-35(30,31)28-26(29)27-25-23(33-3)20-22(32-2)21-24(25)34-4/h20-21H,5-19H2,1-4H3,(H2,27,28,29). The molecule has 0 atom stereocenters. The molecule has 0 radical (unpaired) electrons. The van der Waals surface area contributed by atoms with Crippen molar-refractivity contribution in [1.82, 2.24) is 4.72 Å². The van der Waals surface area contributed by atoms with Crippen molar-refractivity contribution in [3.05, 3.63) is 12.1 Å². The van der Waals surface area contributed by atoms with Crippen LogP contribution in [0.4, 0.5) is 10.5 Å². The summed E-state index contributed by atoms with van der Waals surface area (Å²) < 4.78 is 42.4. The fraction of sp³-hybridized carbons (Fsp3) is 0.731. The maximum Gasteiger partial charge on any atom is 0.333 e. The maximum absolute atomic E-state index is 12.3. The van der Waals surface area contributed by atoms with Crippen molar-refractivity contribution >= 4 is 21.7 Å². The molecule has 35 heavy (non-hydrogen) atoms. The van der Waals surface area contributed by atoms with Crippen LogP contribution in [-0.2, 0) is 10.0 Å². The van der Waals surface area contributed by atoms with Crippen LogP contribution in [0.15, 0.2) is 12.1 Å². The Morgan fingerprint density at radius 3 is 1.54 bits per heavy atom. The number of urea groups is 1. The minimum absolute atomic E-state index is 0.0880. The van der Waals surface area contributed by atoms with E-state index in [0.717, 1.165) is 19.3 Å². The van der Waals surface area contributed by atoms with Crippen molar-refractivity contribution in [2.75, 3.05) is 32.4 Å². The smallest absolute Gasteiger partial charge is 0.333 e. The van der Waals surface area contributed by atoms with Crippen molar-refractivity contribution in [2.45, 2.75) is 96.8 Å². The van der Waals surface area contributed by atoms with Crippen LogP contribution < -0.4 is 24.2 Å². The molecule has 1 rings (SSSR count). The Balaban J connectivity index is 2.24. The van der Waals surface area contributed by atoms with E-state index in [1.54, 1.807) is 12.1 Å². The van der Waals surface area contributed by atoms with Gasteiger partial charge in [0.15, 0.2) is 0 Å². The Morgan fingerprint density at radius 1 is 0.714 bits per heavy atom. The lowest BCUT2D eigenvalue weighted by molar-refractivity contribution is 0.256. The zero-order valence-electron chi connectivity index (χ0n) is 22.1. The van der Waals surface area contributed by atoms with Gasteiger partial charge in [-0.15, -0.1) is 0 Å². The predicted octanol–water partition coefficient (Wildman–Crippen LogP) is 6.65. The molecular formula is C26H46N2O6S. The summed E-state index contributed by atoms with van der Waals surface area (Å²) in [6.07, 6.45) is 16.7. The first-order valence-corrected chi connectivity index (χ1v) is 14.6. The minimum atomic E-state index is -3.74. The molecule has 0 saturated carbocycles.